The maximum absolute atomic E-state index is 10.9. The number of hydrogen-bond donors (Lipinski definition) is 2. The van der Waals surface area contributed by atoms with Crippen molar-refractivity contribution in [2.24, 2.45) is 5.92 Å². The van der Waals surface area contributed by atoms with E-state index in [4.69, 9.17) is 5.11 Å². The summed E-state index contributed by atoms with van der Waals surface area (Å²) < 4.78 is 0. The molecule has 0 aliphatic heterocycles. The standard InChI is InChI=1S/C11H21NO3/c1-4-8(2)7-10(12-9(3)13)5-6-11(14)15/h8,10H,4-7H2,1-3H3,(H,12,13)(H,14,15). The first-order valence-corrected chi connectivity index (χ1v) is 5.44. The van der Waals surface area contributed by atoms with Crippen molar-refractivity contribution in [1.82, 2.24) is 5.32 Å². The molecule has 4 heteroatoms. The lowest BCUT2D eigenvalue weighted by Crippen LogP contribution is -2.34. The number of carbonyl (C=O) groups excluding carboxylic acids is 1. The average Bonchev–Trinajstić information content (AvgIpc) is 2.13. The summed E-state index contributed by atoms with van der Waals surface area (Å²) in [6, 6.07) is -0.00597. The minimum absolute atomic E-state index is 0.00597. The van der Waals surface area contributed by atoms with E-state index in [2.05, 4.69) is 19.2 Å². The van der Waals surface area contributed by atoms with Crippen LogP contribution in [0.5, 0.6) is 0 Å². The van der Waals surface area contributed by atoms with E-state index in [0.717, 1.165) is 12.8 Å². The van der Waals surface area contributed by atoms with E-state index in [0.29, 0.717) is 12.3 Å². The van der Waals surface area contributed by atoms with Crippen molar-refractivity contribution in [1.29, 1.82) is 0 Å². The Morgan fingerprint density at radius 1 is 1.40 bits per heavy atom. The highest BCUT2D eigenvalue weighted by Crippen LogP contribution is 2.13. The molecule has 0 aliphatic rings. The summed E-state index contributed by atoms with van der Waals surface area (Å²) in [5, 5.41) is 11.4. The predicted molar refractivity (Wildman–Crippen MR) is 58.5 cm³/mol. The third-order valence-corrected chi connectivity index (χ3v) is 2.50. The third-order valence-electron chi connectivity index (χ3n) is 2.50. The molecule has 0 heterocycles. The maximum atomic E-state index is 10.9. The molecule has 2 unspecified atom stereocenters. The molecule has 0 rings (SSSR count). The largest absolute Gasteiger partial charge is 0.481 e. The Kier molecular flexibility index (Phi) is 6.75. The second kappa shape index (κ2) is 7.26. The molecule has 0 bridgehead atoms. The van der Waals surface area contributed by atoms with Gasteiger partial charge in [0.25, 0.3) is 0 Å². The van der Waals surface area contributed by atoms with Crippen LogP contribution in [0.2, 0.25) is 0 Å². The molecule has 15 heavy (non-hydrogen) atoms. The number of nitrogens with one attached hydrogen (secondary N) is 1. The lowest BCUT2D eigenvalue weighted by atomic mass is 9.96. The van der Waals surface area contributed by atoms with Crippen LogP contribution in [0.3, 0.4) is 0 Å². The topological polar surface area (TPSA) is 66.4 Å². The maximum Gasteiger partial charge on any atom is 0.303 e. The summed E-state index contributed by atoms with van der Waals surface area (Å²) in [5.41, 5.74) is 0. The molecule has 0 radical (unpaired) electrons. The smallest absolute Gasteiger partial charge is 0.303 e. The van der Waals surface area contributed by atoms with Crippen LogP contribution >= 0.6 is 0 Å². The van der Waals surface area contributed by atoms with Gasteiger partial charge < -0.3 is 10.4 Å². The quantitative estimate of drug-likeness (QED) is 0.680. The second-order valence-electron chi connectivity index (χ2n) is 4.08. The van der Waals surface area contributed by atoms with Gasteiger partial charge in [0.05, 0.1) is 0 Å². The van der Waals surface area contributed by atoms with Crippen LogP contribution in [0.15, 0.2) is 0 Å². The molecule has 2 N–H and O–H groups in total. The molecule has 0 saturated heterocycles. The third kappa shape index (κ3) is 7.97. The van der Waals surface area contributed by atoms with Crippen LogP contribution in [-0.2, 0) is 9.59 Å². The van der Waals surface area contributed by atoms with Gasteiger partial charge in [0.2, 0.25) is 5.91 Å². The molecule has 0 saturated carbocycles. The predicted octanol–water partition coefficient (Wildman–Crippen LogP) is 1.79. The zero-order chi connectivity index (χ0) is 11.8. The van der Waals surface area contributed by atoms with Gasteiger partial charge in [0.1, 0.15) is 0 Å². The first-order valence-electron chi connectivity index (χ1n) is 5.44. The van der Waals surface area contributed by atoms with Gasteiger partial charge in [0, 0.05) is 19.4 Å². The van der Waals surface area contributed by atoms with Crippen molar-refractivity contribution in [3.63, 3.8) is 0 Å². The number of carboxylic acids is 1. The second-order valence-corrected chi connectivity index (χ2v) is 4.08. The van der Waals surface area contributed by atoms with E-state index < -0.39 is 5.97 Å². The van der Waals surface area contributed by atoms with Crippen LogP contribution in [0.1, 0.15) is 46.5 Å². The fourth-order valence-electron chi connectivity index (χ4n) is 1.49. The van der Waals surface area contributed by atoms with Crippen molar-refractivity contribution in [2.45, 2.75) is 52.5 Å². The van der Waals surface area contributed by atoms with Gasteiger partial charge in [-0.2, -0.15) is 0 Å². The Morgan fingerprint density at radius 3 is 2.40 bits per heavy atom. The minimum Gasteiger partial charge on any atom is -0.481 e. The molecule has 0 aliphatic carbocycles. The average molecular weight is 215 g/mol. The SMILES string of the molecule is CCC(C)CC(CCC(=O)O)NC(C)=O. The van der Waals surface area contributed by atoms with Crippen LogP contribution in [0.25, 0.3) is 0 Å². The summed E-state index contributed by atoms with van der Waals surface area (Å²) >= 11 is 0. The van der Waals surface area contributed by atoms with Gasteiger partial charge in [0.15, 0.2) is 0 Å². The van der Waals surface area contributed by atoms with Gasteiger partial charge in [-0.25, -0.2) is 0 Å². The van der Waals surface area contributed by atoms with Crippen molar-refractivity contribution in [3.8, 4) is 0 Å². The van der Waals surface area contributed by atoms with Gasteiger partial charge in [-0.1, -0.05) is 20.3 Å². The molecule has 0 aromatic rings. The van der Waals surface area contributed by atoms with E-state index in [9.17, 15) is 9.59 Å². The molecule has 0 spiro atoms. The van der Waals surface area contributed by atoms with Gasteiger partial charge in [-0.05, 0) is 18.8 Å². The molecule has 0 aromatic carbocycles. The van der Waals surface area contributed by atoms with Gasteiger partial charge in [-0.15, -0.1) is 0 Å². The normalized spacial score (nSPS) is 14.3. The van der Waals surface area contributed by atoms with E-state index in [1.54, 1.807) is 0 Å². The van der Waals surface area contributed by atoms with Gasteiger partial charge in [-0.3, -0.25) is 9.59 Å². The fourth-order valence-corrected chi connectivity index (χ4v) is 1.49. The Hall–Kier alpha value is -1.06. The fraction of sp³-hybridized carbons (Fsp3) is 0.818. The summed E-state index contributed by atoms with van der Waals surface area (Å²) in [6.45, 7) is 5.66. The van der Waals surface area contributed by atoms with Crippen molar-refractivity contribution < 1.29 is 14.7 Å². The molecule has 88 valence electrons. The molecular weight excluding hydrogens is 194 g/mol. The monoisotopic (exact) mass is 215 g/mol. The van der Waals surface area contributed by atoms with Crippen LogP contribution in [0, 0.1) is 5.92 Å². The number of rotatable bonds is 7. The molecule has 1 amide bonds. The van der Waals surface area contributed by atoms with Crippen molar-refractivity contribution in [2.75, 3.05) is 0 Å². The first-order chi connectivity index (χ1) is 6.95. The minimum atomic E-state index is -0.811. The molecule has 0 aromatic heterocycles. The first kappa shape index (κ1) is 13.9. The van der Waals surface area contributed by atoms with E-state index in [1.807, 2.05) is 0 Å². The number of aliphatic carboxylic acids is 1. The molecule has 2 atom stereocenters. The summed E-state index contributed by atoms with van der Waals surface area (Å²) in [6.07, 6.45) is 2.52. The lowest BCUT2D eigenvalue weighted by Gasteiger charge is -2.20. The highest BCUT2D eigenvalue weighted by atomic mass is 16.4. The molecule has 0 fully saturated rings. The molecule has 4 nitrogen and oxygen atoms in total. The van der Waals surface area contributed by atoms with Crippen LogP contribution in [0.4, 0.5) is 0 Å². The Balaban J connectivity index is 4.05. The van der Waals surface area contributed by atoms with Crippen molar-refractivity contribution >= 4 is 11.9 Å². The summed E-state index contributed by atoms with van der Waals surface area (Å²) in [4.78, 5) is 21.3. The zero-order valence-electron chi connectivity index (χ0n) is 9.75. The highest BCUT2D eigenvalue weighted by Gasteiger charge is 2.14. The van der Waals surface area contributed by atoms with E-state index >= 15 is 0 Å². The summed E-state index contributed by atoms with van der Waals surface area (Å²) in [7, 11) is 0. The lowest BCUT2D eigenvalue weighted by molar-refractivity contribution is -0.137. The number of carboxylic acid groups (broad SMARTS) is 1. The Bertz CT molecular complexity index is 216. The van der Waals surface area contributed by atoms with E-state index in [1.165, 1.54) is 6.92 Å². The van der Waals surface area contributed by atoms with E-state index in [-0.39, 0.29) is 18.4 Å². The van der Waals surface area contributed by atoms with Gasteiger partial charge >= 0.3 is 5.97 Å². The Labute approximate surface area is 91.1 Å². The number of hydrogen-bond acceptors (Lipinski definition) is 2. The zero-order valence-corrected chi connectivity index (χ0v) is 9.75. The highest BCUT2D eigenvalue weighted by molar-refractivity contribution is 5.73. The van der Waals surface area contributed by atoms with Crippen LogP contribution in [-0.4, -0.2) is 23.0 Å². The van der Waals surface area contributed by atoms with Crippen molar-refractivity contribution in [3.05, 3.63) is 0 Å². The Morgan fingerprint density at radius 2 is 2.00 bits per heavy atom. The molecular formula is C11H21NO3. The number of carbonyl (C=O) groups is 2. The van der Waals surface area contributed by atoms with Crippen LogP contribution < -0.4 is 5.32 Å². The summed E-state index contributed by atoms with van der Waals surface area (Å²) in [5.74, 6) is -0.390. The number of amides is 1.